The number of ether oxygens (including phenoxy) is 1. The number of hydrogen-bond donors (Lipinski definition) is 2. The molecule has 2 rings (SSSR count). The van der Waals surface area contributed by atoms with E-state index in [2.05, 4.69) is 29.7 Å². The molecule has 1 aliphatic carbocycles. The molecular weight excluding hydrogens is 312 g/mol. The van der Waals surface area contributed by atoms with Gasteiger partial charge in [-0.2, -0.15) is 0 Å². The van der Waals surface area contributed by atoms with Crippen LogP contribution in [0.15, 0.2) is 18.2 Å². The molecule has 0 fully saturated rings. The summed E-state index contributed by atoms with van der Waals surface area (Å²) in [5.74, 6) is 1.41. The molecule has 1 aromatic rings. The summed E-state index contributed by atoms with van der Waals surface area (Å²) >= 11 is 0. The number of aryl methyl sites for hydroxylation is 1. The van der Waals surface area contributed by atoms with Crippen molar-refractivity contribution >= 4 is 18.3 Å². The first-order valence-corrected chi connectivity index (χ1v) is 8.38. The van der Waals surface area contributed by atoms with Crippen molar-refractivity contribution in [1.29, 1.82) is 0 Å². The molecule has 0 saturated heterocycles. The van der Waals surface area contributed by atoms with Gasteiger partial charge in [0.1, 0.15) is 5.75 Å². The molecule has 2 N–H and O–H groups in total. The van der Waals surface area contributed by atoms with Gasteiger partial charge in [0.2, 0.25) is 5.91 Å². The Hall–Kier alpha value is -1.26. The highest BCUT2D eigenvalue weighted by Crippen LogP contribution is 2.35. The number of benzene rings is 1. The highest BCUT2D eigenvalue weighted by atomic mass is 35.5. The summed E-state index contributed by atoms with van der Waals surface area (Å²) in [5.41, 5.74) is 2.67. The molecule has 23 heavy (non-hydrogen) atoms. The van der Waals surface area contributed by atoms with E-state index in [1.165, 1.54) is 11.1 Å². The Bertz CT molecular complexity index is 494. The number of carbonyl (C=O) groups excluding carboxylic acids is 1. The van der Waals surface area contributed by atoms with Crippen molar-refractivity contribution in [2.24, 2.45) is 0 Å². The Morgan fingerprint density at radius 3 is 2.87 bits per heavy atom. The van der Waals surface area contributed by atoms with Gasteiger partial charge in [-0.1, -0.05) is 13.0 Å². The largest absolute Gasteiger partial charge is 0.497 e. The second-order valence-electron chi connectivity index (χ2n) is 5.96. The summed E-state index contributed by atoms with van der Waals surface area (Å²) in [6.07, 6.45) is 5.05. The van der Waals surface area contributed by atoms with Crippen LogP contribution in [0, 0.1) is 0 Å². The molecule has 1 aromatic carbocycles. The first-order valence-electron chi connectivity index (χ1n) is 8.38. The van der Waals surface area contributed by atoms with Crippen LogP contribution in [0.5, 0.6) is 5.75 Å². The van der Waals surface area contributed by atoms with Gasteiger partial charge in [-0.3, -0.25) is 4.79 Å². The monoisotopic (exact) mass is 340 g/mol. The lowest BCUT2D eigenvalue weighted by Gasteiger charge is -2.25. The van der Waals surface area contributed by atoms with Crippen molar-refractivity contribution in [3.8, 4) is 5.75 Å². The van der Waals surface area contributed by atoms with E-state index in [9.17, 15) is 4.79 Å². The van der Waals surface area contributed by atoms with E-state index in [0.29, 0.717) is 18.9 Å². The quantitative estimate of drug-likeness (QED) is 0.715. The van der Waals surface area contributed by atoms with Crippen LogP contribution in [0.4, 0.5) is 0 Å². The zero-order valence-electron chi connectivity index (χ0n) is 14.2. The Morgan fingerprint density at radius 1 is 1.30 bits per heavy atom. The Balaban J connectivity index is 0.00000264. The van der Waals surface area contributed by atoms with Crippen molar-refractivity contribution in [2.75, 3.05) is 26.7 Å². The Morgan fingerprint density at radius 2 is 2.13 bits per heavy atom. The maximum atomic E-state index is 12.1. The molecule has 130 valence electrons. The van der Waals surface area contributed by atoms with E-state index in [1.54, 1.807) is 7.11 Å². The minimum absolute atomic E-state index is 0. The molecule has 0 aromatic heterocycles. The predicted octanol–water partition coefficient (Wildman–Crippen LogP) is 3.04. The lowest BCUT2D eigenvalue weighted by Crippen LogP contribution is -2.33. The predicted molar refractivity (Wildman–Crippen MR) is 96.7 cm³/mol. The highest BCUT2D eigenvalue weighted by molar-refractivity contribution is 5.85. The van der Waals surface area contributed by atoms with Gasteiger partial charge in [0.05, 0.1) is 7.11 Å². The summed E-state index contributed by atoms with van der Waals surface area (Å²) in [7, 11) is 1.70. The molecule has 5 heteroatoms. The van der Waals surface area contributed by atoms with Crippen LogP contribution >= 0.6 is 12.4 Å². The van der Waals surface area contributed by atoms with Crippen LogP contribution in [-0.2, 0) is 11.2 Å². The molecule has 1 aliphatic rings. The van der Waals surface area contributed by atoms with Gasteiger partial charge in [-0.25, -0.2) is 0 Å². The van der Waals surface area contributed by atoms with E-state index in [1.807, 2.05) is 6.07 Å². The van der Waals surface area contributed by atoms with Crippen molar-refractivity contribution in [3.63, 3.8) is 0 Å². The molecule has 0 spiro atoms. The van der Waals surface area contributed by atoms with Crippen molar-refractivity contribution in [2.45, 2.75) is 44.9 Å². The molecule has 0 aliphatic heterocycles. The number of fused-ring (bicyclic) bond motifs is 1. The maximum Gasteiger partial charge on any atom is 0.220 e. The molecule has 1 unspecified atom stereocenters. The number of carbonyl (C=O) groups is 1. The van der Waals surface area contributed by atoms with Crippen LogP contribution in [-0.4, -0.2) is 32.7 Å². The fraction of sp³-hybridized carbons (Fsp3) is 0.611. The van der Waals surface area contributed by atoms with Crippen molar-refractivity contribution in [3.05, 3.63) is 29.3 Å². The molecular formula is C18H29ClN2O2. The van der Waals surface area contributed by atoms with Crippen LogP contribution in [0.3, 0.4) is 0 Å². The minimum atomic E-state index is 0. The normalized spacial score (nSPS) is 16.2. The second kappa shape index (κ2) is 10.5. The van der Waals surface area contributed by atoms with Gasteiger partial charge in [-0.05, 0) is 61.4 Å². The number of rotatable bonds is 8. The fourth-order valence-electron chi connectivity index (χ4n) is 3.12. The number of nitrogens with one attached hydrogen (secondary N) is 2. The second-order valence-corrected chi connectivity index (χ2v) is 5.96. The zero-order valence-corrected chi connectivity index (χ0v) is 15.0. The lowest BCUT2D eigenvalue weighted by atomic mass is 9.81. The fourth-order valence-corrected chi connectivity index (χ4v) is 3.12. The summed E-state index contributed by atoms with van der Waals surface area (Å²) < 4.78 is 5.30. The molecule has 4 nitrogen and oxygen atoms in total. The number of hydrogen-bond acceptors (Lipinski definition) is 3. The molecule has 0 heterocycles. The standard InChI is InChI=1S/C18H28N2O2.ClH/c1-3-9-19-10-11-20-18(21)13-15-6-4-5-14-12-16(22-2)7-8-17(14)15;/h7-8,12,15,19H,3-6,9-11,13H2,1-2H3,(H,20,21);1H. The van der Waals surface area contributed by atoms with Gasteiger partial charge in [-0.15, -0.1) is 12.4 Å². The average Bonchev–Trinajstić information content (AvgIpc) is 2.54. The van der Waals surface area contributed by atoms with E-state index in [4.69, 9.17) is 4.74 Å². The zero-order chi connectivity index (χ0) is 15.8. The minimum Gasteiger partial charge on any atom is -0.497 e. The topological polar surface area (TPSA) is 50.4 Å². The SMILES string of the molecule is CCCNCCNC(=O)CC1CCCc2cc(OC)ccc21.Cl. The highest BCUT2D eigenvalue weighted by Gasteiger charge is 2.22. The Labute approximate surface area is 145 Å². The van der Waals surface area contributed by atoms with Crippen LogP contribution < -0.4 is 15.4 Å². The lowest BCUT2D eigenvalue weighted by molar-refractivity contribution is -0.121. The third-order valence-corrected chi connectivity index (χ3v) is 4.27. The van der Waals surface area contributed by atoms with Crippen molar-refractivity contribution < 1.29 is 9.53 Å². The number of amides is 1. The van der Waals surface area contributed by atoms with Crippen LogP contribution in [0.25, 0.3) is 0 Å². The third kappa shape index (κ3) is 6.04. The number of methoxy groups -OCH3 is 1. The van der Waals surface area contributed by atoms with Crippen molar-refractivity contribution in [1.82, 2.24) is 10.6 Å². The summed E-state index contributed by atoms with van der Waals surface area (Å²) in [6.45, 7) is 4.70. The van der Waals surface area contributed by atoms with Gasteiger partial charge in [0.25, 0.3) is 0 Å². The molecule has 0 bridgehead atoms. The first-order chi connectivity index (χ1) is 10.7. The van der Waals surface area contributed by atoms with Crippen LogP contribution in [0.1, 0.15) is 49.7 Å². The first kappa shape index (κ1) is 19.8. The van der Waals surface area contributed by atoms with Gasteiger partial charge >= 0.3 is 0 Å². The van der Waals surface area contributed by atoms with E-state index in [0.717, 1.165) is 44.5 Å². The maximum absolute atomic E-state index is 12.1. The summed E-state index contributed by atoms with van der Waals surface area (Å²) in [6, 6.07) is 6.26. The number of halogens is 1. The third-order valence-electron chi connectivity index (χ3n) is 4.27. The molecule has 0 radical (unpaired) electrons. The summed E-state index contributed by atoms with van der Waals surface area (Å²) in [5, 5.41) is 6.31. The summed E-state index contributed by atoms with van der Waals surface area (Å²) in [4.78, 5) is 12.1. The van der Waals surface area contributed by atoms with Gasteiger partial charge < -0.3 is 15.4 Å². The van der Waals surface area contributed by atoms with Gasteiger partial charge in [0.15, 0.2) is 0 Å². The van der Waals surface area contributed by atoms with E-state index < -0.39 is 0 Å². The van der Waals surface area contributed by atoms with Gasteiger partial charge in [0, 0.05) is 19.5 Å². The molecule has 1 amide bonds. The smallest absolute Gasteiger partial charge is 0.220 e. The average molecular weight is 341 g/mol. The molecule has 0 saturated carbocycles. The Kier molecular flexibility index (Phi) is 9.03. The van der Waals surface area contributed by atoms with Crippen LogP contribution in [0.2, 0.25) is 0 Å². The van der Waals surface area contributed by atoms with E-state index in [-0.39, 0.29) is 18.3 Å². The molecule has 1 atom stereocenters. The van der Waals surface area contributed by atoms with E-state index >= 15 is 0 Å².